The summed E-state index contributed by atoms with van der Waals surface area (Å²) in [5.41, 5.74) is 1.33. The van der Waals surface area contributed by atoms with E-state index < -0.39 is 34.1 Å². The molecule has 2 amide bonds. The second-order valence-electron chi connectivity index (χ2n) is 12.0. The highest BCUT2D eigenvalue weighted by atomic mass is 79.9. The van der Waals surface area contributed by atoms with Gasteiger partial charge in [0.15, 0.2) is 11.5 Å². The van der Waals surface area contributed by atoms with E-state index in [1.165, 1.54) is 37.3 Å². The molecular formula is C36H40BrN3O6S. The number of hydrogen-bond acceptors (Lipinski definition) is 6. The van der Waals surface area contributed by atoms with Crippen LogP contribution in [0.15, 0.2) is 112 Å². The average Bonchev–Trinajstić information content (AvgIpc) is 3.04. The van der Waals surface area contributed by atoms with Gasteiger partial charge in [-0.25, -0.2) is 8.42 Å². The molecule has 248 valence electrons. The van der Waals surface area contributed by atoms with Crippen LogP contribution in [0.25, 0.3) is 0 Å². The zero-order valence-corrected chi connectivity index (χ0v) is 29.5. The summed E-state index contributed by atoms with van der Waals surface area (Å²) in [6, 6.07) is 28.6. The first-order valence-electron chi connectivity index (χ1n) is 15.0. The summed E-state index contributed by atoms with van der Waals surface area (Å²) in [4.78, 5) is 30.0. The molecule has 1 N–H and O–H groups in total. The third kappa shape index (κ3) is 9.36. The van der Waals surface area contributed by atoms with Crippen LogP contribution in [-0.4, -0.2) is 57.5 Å². The van der Waals surface area contributed by atoms with E-state index in [9.17, 15) is 18.0 Å². The molecule has 11 heteroatoms. The number of rotatable bonds is 13. The fourth-order valence-corrected chi connectivity index (χ4v) is 6.94. The normalized spacial score (nSPS) is 12.1. The molecule has 0 aliphatic rings. The predicted molar refractivity (Wildman–Crippen MR) is 187 cm³/mol. The lowest BCUT2D eigenvalue weighted by Gasteiger charge is -2.35. The summed E-state index contributed by atoms with van der Waals surface area (Å²) in [6.07, 6.45) is 0.219. The molecule has 47 heavy (non-hydrogen) atoms. The number of benzene rings is 4. The largest absolute Gasteiger partial charge is 0.493 e. The Kier molecular flexibility index (Phi) is 11.7. The maximum atomic E-state index is 14.6. The average molecular weight is 723 g/mol. The Hall–Kier alpha value is -4.35. The van der Waals surface area contributed by atoms with Crippen molar-refractivity contribution in [2.75, 3.05) is 25.1 Å². The standard InChI is InChI=1S/C36H40BrN3O6S/c1-36(2,3)38-35(42)31(22-26-13-8-6-9-14-26)39(24-27-15-12-16-28(37)21-27)34(41)25-40(29-17-10-7-11-18-29)47(43,44)30-19-20-32(45-4)33(23-30)46-5/h6-21,23,31H,22,24-25H2,1-5H3,(H,38,42)/t31-/m0/s1. The van der Waals surface area contributed by atoms with E-state index in [-0.39, 0.29) is 35.2 Å². The molecule has 0 spiro atoms. The molecule has 0 saturated heterocycles. The highest BCUT2D eigenvalue weighted by Crippen LogP contribution is 2.32. The van der Waals surface area contributed by atoms with Gasteiger partial charge in [0.05, 0.1) is 24.8 Å². The number of carbonyl (C=O) groups excluding carboxylic acids is 2. The number of sulfonamides is 1. The number of nitrogens with zero attached hydrogens (tertiary/aromatic N) is 2. The minimum absolute atomic E-state index is 0.0619. The highest BCUT2D eigenvalue weighted by Gasteiger charge is 2.36. The third-order valence-electron chi connectivity index (χ3n) is 7.28. The van der Waals surface area contributed by atoms with Crippen LogP contribution in [0.2, 0.25) is 0 Å². The number of ether oxygens (including phenoxy) is 2. The zero-order chi connectivity index (χ0) is 34.2. The van der Waals surface area contributed by atoms with Gasteiger partial charge in [0, 0.05) is 29.0 Å². The van der Waals surface area contributed by atoms with E-state index in [0.29, 0.717) is 5.75 Å². The summed E-state index contributed by atoms with van der Waals surface area (Å²) < 4.78 is 41.2. The molecule has 0 saturated carbocycles. The molecule has 4 rings (SSSR count). The van der Waals surface area contributed by atoms with Gasteiger partial charge in [-0.1, -0.05) is 76.6 Å². The van der Waals surface area contributed by atoms with E-state index in [1.807, 2.05) is 75.4 Å². The summed E-state index contributed by atoms with van der Waals surface area (Å²) in [6.45, 7) is 5.11. The fraction of sp³-hybridized carbons (Fsp3) is 0.278. The van der Waals surface area contributed by atoms with Gasteiger partial charge in [0.1, 0.15) is 12.6 Å². The molecular weight excluding hydrogens is 682 g/mol. The van der Waals surface area contributed by atoms with Crippen LogP contribution in [0.3, 0.4) is 0 Å². The number of anilines is 1. The molecule has 0 bridgehead atoms. The maximum absolute atomic E-state index is 14.6. The van der Waals surface area contributed by atoms with Crippen LogP contribution < -0.4 is 19.1 Å². The lowest BCUT2D eigenvalue weighted by Crippen LogP contribution is -2.56. The second-order valence-corrected chi connectivity index (χ2v) is 14.7. The van der Waals surface area contributed by atoms with Gasteiger partial charge >= 0.3 is 0 Å². The van der Waals surface area contributed by atoms with Gasteiger partial charge in [-0.05, 0) is 68.3 Å². The van der Waals surface area contributed by atoms with Crippen LogP contribution in [0, 0.1) is 0 Å². The van der Waals surface area contributed by atoms with Crippen molar-refractivity contribution in [2.45, 2.75) is 50.2 Å². The second kappa shape index (κ2) is 15.5. The Morgan fingerprint density at radius 3 is 2.02 bits per heavy atom. The molecule has 0 aliphatic heterocycles. The van der Waals surface area contributed by atoms with Crippen molar-refractivity contribution in [3.63, 3.8) is 0 Å². The number of para-hydroxylation sites is 1. The van der Waals surface area contributed by atoms with E-state index >= 15 is 0 Å². The smallest absolute Gasteiger partial charge is 0.264 e. The molecule has 0 aromatic heterocycles. The Labute approximate surface area is 285 Å². The van der Waals surface area contributed by atoms with Crippen molar-refractivity contribution in [2.24, 2.45) is 0 Å². The minimum Gasteiger partial charge on any atom is -0.493 e. The molecule has 0 aliphatic carbocycles. The Bertz CT molecular complexity index is 1780. The first kappa shape index (κ1) is 35.5. The van der Waals surface area contributed by atoms with E-state index in [1.54, 1.807) is 30.3 Å². The number of nitrogens with one attached hydrogen (secondary N) is 1. The highest BCUT2D eigenvalue weighted by molar-refractivity contribution is 9.10. The van der Waals surface area contributed by atoms with Crippen LogP contribution >= 0.6 is 15.9 Å². The van der Waals surface area contributed by atoms with E-state index in [2.05, 4.69) is 21.2 Å². The summed E-state index contributed by atoms with van der Waals surface area (Å²) in [5, 5.41) is 3.04. The molecule has 0 heterocycles. The van der Waals surface area contributed by atoms with Crippen molar-refractivity contribution in [1.29, 1.82) is 0 Å². The predicted octanol–water partition coefficient (Wildman–Crippen LogP) is 6.22. The number of amides is 2. The van der Waals surface area contributed by atoms with Gasteiger partial charge in [-0.3, -0.25) is 13.9 Å². The zero-order valence-electron chi connectivity index (χ0n) is 27.1. The first-order chi connectivity index (χ1) is 22.3. The molecule has 9 nitrogen and oxygen atoms in total. The topological polar surface area (TPSA) is 105 Å². The van der Waals surface area contributed by atoms with Crippen molar-refractivity contribution in [1.82, 2.24) is 10.2 Å². The first-order valence-corrected chi connectivity index (χ1v) is 17.3. The molecule has 0 unspecified atom stereocenters. The Balaban J connectivity index is 1.82. The van der Waals surface area contributed by atoms with Crippen LogP contribution in [0.1, 0.15) is 31.9 Å². The monoisotopic (exact) mass is 721 g/mol. The van der Waals surface area contributed by atoms with Gasteiger partial charge < -0.3 is 19.7 Å². The van der Waals surface area contributed by atoms with E-state index in [4.69, 9.17) is 9.47 Å². The fourth-order valence-electron chi connectivity index (χ4n) is 5.07. The minimum atomic E-state index is -4.31. The van der Waals surface area contributed by atoms with Gasteiger partial charge in [-0.2, -0.15) is 0 Å². The maximum Gasteiger partial charge on any atom is 0.264 e. The quantitative estimate of drug-likeness (QED) is 0.176. The number of halogens is 1. The Morgan fingerprint density at radius 1 is 0.809 bits per heavy atom. The third-order valence-corrected chi connectivity index (χ3v) is 9.54. The molecule has 0 fully saturated rings. The molecule has 4 aromatic rings. The summed E-state index contributed by atoms with van der Waals surface area (Å²) in [5.74, 6) is -0.310. The van der Waals surface area contributed by atoms with Crippen molar-refractivity contribution >= 4 is 43.5 Å². The van der Waals surface area contributed by atoms with Crippen LogP contribution in [0.5, 0.6) is 11.5 Å². The van der Waals surface area contributed by atoms with Crippen molar-refractivity contribution in [3.05, 3.63) is 119 Å². The lowest BCUT2D eigenvalue weighted by atomic mass is 10.0. The number of hydrogen-bond donors (Lipinski definition) is 1. The number of carbonyl (C=O) groups is 2. The lowest BCUT2D eigenvalue weighted by molar-refractivity contribution is -0.140. The van der Waals surface area contributed by atoms with Crippen molar-refractivity contribution < 1.29 is 27.5 Å². The van der Waals surface area contributed by atoms with Gasteiger partial charge in [0.25, 0.3) is 10.0 Å². The van der Waals surface area contributed by atoms with Crippen molar-refractivity contribution in [3.8, 4) is 11.5 Å². The summed E-state index contributed by atoms with van der Waals surface area (Å²) in [7, 11) is -1.43. The molecule has 0 radical (unpaired) electrons. The molecule has 4 aromatic carbocycles. The van der Waals surface area contributed by atoms with Gasteiger partial charge in [0.2, 0.25) is 11.8 Å². The SMILES string of the molecule is COc1ccc(S(=O)(=O)N(CC(=O)N(Cc2cccc(Br)c2)[C@@H](Cc2ccccc2)C(=O)NC(C)(C)C)c2ccccc2)cc1OC. The van der Waals surface area contributed by atoms with Crippen LogP contribution in [-0.2, 0) is 32.6 Å². The van der Waals surface area contributed by atoms with Gasteiger partial charge in [-0.15, -0.1) is 0 Å². The Morgan fingerprint density at radius 2 is 1.43 bits per heavy atom. The van der Waals surface area contributed by atoms with E-state index in [0.717, 1.165) is 19.9 Å². The number of methoxy groups -OCH3 is 2. The van der Waals surface area contributed by atoms with Crippen LogP contribution in [0.4, 0.5) is 5.69 Å². The molecule has 1 atom stereocenters. The summed E-state index contributed by atoms with van der Waals surface area (Å²) >= 11 is 3.50.